The number of amides is 1. The summed E-state index contributed by atoms with van der Waals surface area (Å²) in [5, 5.41) is 2.66. The monoisotopic (exact) mass is 365 g/mol. The quantitative estimate of drug-likeness (QED) is 0.835. The van der Waals surface area contributed by atoms with E-state index in [-0.39, 0.29) is 25.2 Å². The maximum absolute atomic E-state index is 12.8. The summed E-state index contributed by atoms with van der Waals surface area (Å²) in [5.74, 6) is -2.85. The lowest BCUT2D eigenvalue weighted by atomic mass is 9.75. The van der Waals surface area contributed by atoms with Crippen molar-refractivity contribution >= 4 is 18.5 Å². The van der Waals surface area contributed by atoms with Crippen LogP contribution in [0.25, 0.3) is 0 Å². The minimum Gasteiger partial charge on any atom is -0.399 e. The van der Waals surface area contributed by atoms with Gasteiger partial charge >= 0.3 is 7.12 Å². The molecule has 4 nitrogen and oxygen atoms in total. The second-order valence-electron chi connectivity index (χ2n) is 8.48. The summed E-state index contributed by atoms with van der Waals surface area (Å²) in [4.78, 5) is 12.0. The normalized spacial score (nSPS) is 23.6. The number of aryl methyl sites for hydroxylation is 1. The Balaban J connectivity index is 1.62. The minimum absolute atomic E-state index is 0.173. The molecule has 1 saturated heterocycles. The third-order valence-corrected chi connectivity index (χ3v) is 5.66. The Morgan fingerprint density at radius 1 is 1.19 bits per heavy atom. The molecule has 1 N–H and O–H groups in total. The Kier molecular flexibility index (Phi) is 4.68. The Morgan fingerprint density at radius 2 is 1.77 bits per heavy atom. The molecule has 1 amide bonds. The zero-order valence-corrected chi connectivity index (χ0v) is 16.0. The molecule has 1 heterocycles. The highest BCUT2D eigenvalue weighted by atomic mass is 19.3. The molecule has 0 aromatic heterocycles. The van der Waals surface area contributed by atoms with Crippen molar-refractivity contribution in [2.75, 3.05) is 0 Å². The first-order valence-corrected chi connectivity index (χ1v) is 9.01. The molecular formula is C19H26BF2NO3. The number of rotatable bonds is 4. The van der Waals surface area contributed by atoms with E-state index >= 15 is 0 Å². The first-order valence-electron chi connectivity index (χ1n) is 9.01. The third-order valence-electron chi connectivity index (χ3n) is 5.66. The number of halogens is 2. The lowest BCUT2D eigenvalue weighted by Crippen LogP contribution is -2.50. The van der Waals surface area contributed by atoms with Crippen molar-refractivity contribution in [2.45, 2.75) is 77.0 Å². The second-order valence-corrected chi connectivity index (χ2v) is 8.48. The summed E-state index contributed by atoms with van der Waals surface area (Å²) in [6.45, 7) is 9.97. The van der Waals surface area contributed by atoms with Crippen molar-refractivity contribution in [3.05, 3.63) is 29.3 Å². The predicted octanol–water partition coefficient (Wildman–Crippen LogP) is 2.75. The summed E-state index contributed by atoms with van der Waals surface area (Å²) in [6, 6.07) is 5.29. The zero-order chi connectivity index (χ0) is 19.3. The zero-order valence-electron chi connectivity index (χ0n) is 16.0. The fourth-order valence-corrected chi connectivity index (χ4v) is 3.31. The van der Waals surface area contributed by atoms with Crippen LogP contribution in [-0.4, -0.2) is 36.2 Å². The second kappa shape index (κ2) is 6.31. The van der Waals surface area contributed by atoms with Crippen LogP contribution in [0.15, 0.2) is 18.2 Å². The largest absolute Gasteiger partial charge is 0.495 e. The Morgan fingerprint density at radius 3 is 2.27 bits per heavy atom. The summed E-state index contributed by atoms with van der Waals surface area (Å²) in [5.41, 5.74) is 1.93. The van der Waals surface area contributed by atoms with Crippen LogP contribution in [0.3, 0.4) is 0 Å². The van der Waals surface area contributed by atoms with Gasteiger partial charge in [0.15, 0.2) is 0 Å². The SMILES string of the molecule is Cc1cc(CC(=O)NC2CC(F)(F)C2)ccc1B1OC(C)(C)C(C)(C)O1. The van der Waals surface area contributed by atoms with Gasteiger partial charge in [0.25, 0.3) is 5.92 Å². The van der Waals surface area contributed by atoms with Crippen molar-refractivity contribution in [3.8, 4) is 0 Å². The van der Waals surface area contributed by atoms with Crippen LogP contribution in [0.1, 0.15) is 51.7 Å². The molecule has 26 heavy (non-hydrogen) atoms. The van der Waals surface area contributed by atoms with E-state index in [9.17, 15) is 13.6 Å². The van der Waals surface area contributed by atoms with Crippen LogP contribution >= 0.6 is 0 Å². The molecule has 0 bridgehead atoms. The van der Waals surface area contributed by atoms with Gasteiger partial charge in [0.05, 0.1) is 17.6 Å². The van der Waals surface area contributed by atoms with E-state index in [0.717, 1.165) is 16.6 Å². The molecule has 7 heteroatoms. The molecule has 1 aliphatic carbocycles. The van der Waals surface area contributed by atoms with Crippen molar-refractivity contribution in [1.29, 1.82) is 0 Å². The average Bonchev–Trinajstić information content (AvgIpc) is 2.65. The Bertz CT molecular complexity index is 697. The van der Waals surface area contributed by atoms with Crippen molar-refractivity contribution in [3.63, 3.8) is 0 Å². The maximum atomic E-state index is 12.8. The summed E-state index contributed by atoms with van der Waals surface area (Å²) >= 11 is 0. The lowest BCUT2D eigenvalue weighted by Gasteiger charge is -2.35. The van der Waals surface area contributed by atoms with Gasteiger partial charge in [0.2, 0.25) is 5.91 Å². The molecule has 0 atom stereocenters. The van der Waals surface area contributed by atoms with Crippen LogP contribution in [-0.2, 0) is 20.5 Å². The summed E-state index contributed by atoms with van der Waals surface area (Å²) in [7, 11) is -0.444. The lowest BCUT2D eigenvalue weighted by molar-refractivity contribution is -0.128. The number of hydrogen-bond acceptors (Lipinski definition) is 3. The molecule has 1 aliphatic heterocycles. The number of alkyl halides is 2. The summed E-state index contributed by atoms with van der Waals surface area (Å²) in [6.07, 6.45) is -0.357. The van der Waals surface area contributed by atoms with Crippen LogP contribution in [0, 0.1) is 6.92 Å². The van der Waals surface area contributed by atoms with E-state index < -0.39 is 30.3 Å². The average molecular weight is 365 g/mol. The number of carbonyl (C=O) groups excluding carboxylic acids is 1. The van der Waals surface area contributed by atoms with Gasteiger partial charge in [-0.2, -0.15) is 0 Å². The fraction of sp³-hybridized carbons (Fsp3) is 0.632. The summed E-state index contributed by atoms with van der Waals surface area (Å²) < 4.78 is 37.8. The molecule has 2 aliphatic rings. The molecule has 2 fully saturated rings. The molecular weight excluding hydrogens is 339 g/mol. The van der Waals surface area contributed by atoms with E-state index in [1.54, 1.807) is 0 Å². The molecule has 1 aromatic carbocycles. The van der Waals surface area contributed by atoms with E-state index in [4.69, 9.17) is 9.31 Å². The molecule has 0 radical (unpaired) electrons. The molecule has 0 unspecified atom stereocenters. The molecule has 1 aromatic rings. The highest BCUT2D eigenvalue weighted by molar-refractivity contribution is 6.62. The standard InChI is InChI=1S/C19H26BF2NO3/c1-12-8-13(9-16(24)23-14-10-19(21,22)11-14)6-7-15(12)20-25-17(2,3)18(4,5)26-20/h6-8,14H,9-11H2,1-5H3,(H,23,24). The van der Waals surface area contributed by atoms with Crippen molar-refractivity contribution < 1.29 is 22.9 Å². The predicted molar refractivity (Wildman–Crippen MR) is 96.7 cm³/mol. The topological polar surface area (TPSA) is 47.6 Å². The number of benzene rings is 1. The van der Waals surface area contributed by atoms with Crippen LogP contribution < -0.4 is 10.8 Å². The van der Waals surface area contributed by atoms with Gasteiger partial charge in [0.1, 0.15) is 0 Å². The van der Waals surface area contributed by atoms with Gasteiger partial charge in [0, 0.05) is 18.9 Å². The van der Waals surface area contributed by atoms with E-state index in [0.29, 0.717) is 0 Å². The van der Waals surface area contributed by atoms with Gasteiger partial charge in [-0.3, -0.25) is 4.79 Å². The number of hydrogen-bond donors (Lipinski definition) is 1. The molecule has 3 rings (SSSR count). The number of carbonyl (C=O) groups is 1. The van der Waals surface area contributed by atoms with E-state index in [1.807, 2.05) is 52.8 Å². The van der Waals surface area contributed by atoms with Gasteiger partial charge in [-0.05, 0) is 45.6 Å². The third kappa shape index (κ3) is 3.79. The van der Waals surface area contributed by atoms with E-state index in [2.05, 4.69) is 5.32 Å². The van der Waals surface area contributed by atoms with Crippen LogP contribution in [0.4, 0.5) is 8.78 Å². The molecule has 0 spiro atoms. The first-order chi connectivity index (χ1) is 11.9. The molecule has 1 saturated carbocycles. The highest BCUT2D eigenvalue weighted by Crippen LogP contribution is 2.38. The van der Waals surface area contributed by atoms with Crippen LogP contribution in [0.2, 0.25) is 0 Å². The highest BCUT2D eigenvalue weighted by Gasteiger charge is 2.52. The van der Waals surface area contributed by atoms with Gasteiger partial charge in [-0.15, -0.1) is 0 Å². The van der Waals surface area contributed by atoms with Gasteiger partial charge < -0.3 is 14.6 Å². The Labute approximate surface area is 153 Å². The fourth-order valence-electron chi connectivity index (χ4n) is 3.31. The van der Waals surface area contributed by atoms with Crippen molar-refractivity contribution in [1.82, 2.24) is 5.32 Å². The molecule has 142 valence electrons. The van der Waals surface area contributed by atoms with Crippen LogP contribution in [0.5, 0.6) is 0 Å². The minimum atomic E-state index is -2.63. The van der Waals surface area contributed by atoms with Gasteiger partial charge in [-0.1, -0.05) is 23.8 Å². The van der Waals surface area contributed by atoms with Crippen molar-refractivity contribution in [2.24, 2.45) is 0 Å². The Hall–Kier alpha value is -1.47. The first kappa shape index (κ1) is 19.3. The maximum Gasteiger partial charge on any atom is 0.495 e. The number of nitrogens with one attached hydrogen (secondary N) is 1. The van der Waals surface area contributed by atoms with Gasteiger partial charge in [-0.25, -0.2) is 8.78 Å². The van der Waals surface area contributed by atoms with E-state index in [1.165, 1.54) is 0 Å². The smallest absolute Gasteiger partial charge is 0.399 e.